The van der Waals surface area contributed by atoms with Gasteiger partial charge in [-0.15, -0.1) is 0 Å². The van der Waals surface area contributed by atoms with Crippen LogP contribution in [0.4, 0.5) is 34.1 Å². The first kappa shape index (κ1) is 36.3. The van der Waals surface area contributed by atoms with Crippen molar-refractivity contribution in [1.82, 2.24) is 0 Å². The average Bonchev–Trinajstić information content (AvgIpc) is 3.89. The van der Waals surface area contributed by atoms with Gasteiger partial charge in [0.25, 0.3) is 0 Å². The summed E-state index contributed by atoms with van der Waals surface area (Å²) >= 11 is 0. The molecule has 0 aliphatic heterocycles. The van der Waals surface area contributed by atoms with Crippen molar-refractivity contribution < 1.29 is 8.83 Å². The fourth-order valence-corrected chi connectivity index (χ4v) is 10.2. The van der Waals surface area contributed by atoms with Crippen molar-refractivity contribution in [3.63, 3.8) is 0 Å². The molecule has 0 radical (unpaired) electrons. The lowest BCUT2D eigenvalue weighted by Crippen LogP contribution is -2.15. The Morgan fingerprint density at radius 3 is 1.18 bits per heavy atom. The molecule has 0 aliphatic rings. The molecule has 12 rings (SSSR count). The number of para-hydroxylation sites is 4. The smallest absolute Gasteiger partial charge is 0.159 e. The van der Waals surface area contributed by atoms with Crippen molar-refractivity contribution in [1.29, 1.82) is 0 Å². The van der Waals surface area contributed by atoms with Gasteiger partial charge in [0.2, 0.25) is 0 Å². The van der Waals surface area contributed by atoms with Crippen LogP contribution in [-0.4, -0.2) is 0 Å². The predicted octanol–water partition coefficient (Wildman–Crippen LogP) is 17.1. The van der Waals surface area contributed by atoms with Crippen LogP contribution in [0.1, 0.15) is 36.1 Å². The third kappa shape index (κ3) is 5.26. The maximum atomic E-state index is 6.86. The Balaban J connectivity index is 1.17. The molecule has 0 spiro atoms. The Bertz CT molecular complexity index is 3480. The lowest BCUT2D eigenvalue weighted by molar-refractivity contribution is 0.668. The van der Waals surface area contributed by atoms with Crippen molar-refractivity contribution in [2.45, 2.75) is 40.5 Å². The molecular weight excluding hydrogens is 757 g/mol. The van der Waals surface area contributed by atoms with Crippen molar-refractivity contribution in [2.75, 3.05) is 9.80 Å². The van der Waals surface area contributed by atoms with Gasteiger partial charge in [0, 0.05) is 43.7 Å². The Hall–Kier alpha value is -7.56. The number of hydrogen-bond acceptors (Lipinski definition) is 4. The zero-order chi connectivity index (χ0) is 41.6. The quantitative estimate of drug-likeness (QED) is 0.143. The van der Waals surface area contributed by atoms with Crippen LogP contribution in [0.2, 0.25) is 0 Å². The van der Waals surface area contributed by atoms with E-state index in [1.54, 1.807) is 0 Å². The van der Waals surface area contributed by atoms with E-state index in [0.717, 1.165) is 90.8 Å². The van der Waals surface area contributed by atoms with Gasteiger partial charge in [0.15, 0.2) is 11.2 Å². The molecule has 2 aromatic heterocycles. The van der Waals surface area contributed by atoms with Crippen LogP contribution in [0.3, 0.4) is 0 Å². The SMILES string of the molecule is CCc1ccc2c(oc3ccccc32)c1N(c1ccccc1C)c1ccc2ccc3c(N(c4ccccc4C)c4c(CC)ccc5c4oc4ccccc45)ccc4ccc1c2c43. The van der Waals surface area contributed by atoms with Gasteiger partial charge in [-0.3, -0.25) is 0 Å². The topological polar surface area (TPSA) is 32.8 Å². The molecule has 62 heavy (non-hydrogen) atoms. The number of aryl methyl sites for hydroxylation is 4. The molecule has 0 fully saturated rings. The van der Waals surface area contributed by atoms with Crippen LogP contribution in [-0.2, 0) is 12.8 Å². The Morgan fingerprint density at radius 1 is 0.355 bits per heavy atom. The summed E-state index contributed by atoms with van der Waals surface area (Å²) in [6.45, 7) is 8.90. The van der Waals surface area contributed by atoms with Crippen molar-refractivity contribution in [2.24, 2.45) is 0 Å². The summed E-state index contributed by atoms with van der Waals surface area (Å²) in [5.74, 6) is 0. The van der Waals surface area contributed by atoms with E-state index >= 15 is 0 Å². The van der Waals surface area contributed by atoms with Crippen LogP contribution in [0.5, 0.6) is 0 Å². The second-order valence-electron chi connectivity index (χ2n) is 16.6. The Kier molecular flexibility index (Phi) is 8.20. The highest BCUT2D eigenvalue weighted by atomic mass is 16.3. The van der Waals surface area contributed by atoms with E-state index in [1.165, 1.54) is 54.6 Å². The fraction of sp³-hybridized carbons (Fsp3) is 0.103. The number of benzene rings is 10. The predicted molar refractivity (Wildman–Crippen MR) is 262 cm³/mol. The molecule has 0 amide bonds. The molecule has 12 aromatic rings. The largest absolute Gasteiger partial charge is 0.454 e. The molecule has 10 aromatic carbocycles. The summed E-state index contributed by atoms with van der Waals surface area (Å²) in [7, 11) is 0. The standard InChI is InChI=1S/C58H44N2O2/c1-5-37-23-29-43-41-17-9-13-21-51(41)61-57(43)55(37)59(47-19-11-7-15-35(47)3)49-33-27-39-26-32-46-50(34-28-40-25-31-45(49)53(39)54(40)46)60(48-20-12-8-16-36(48)4)56-38(6-2)24-30-44-42-18-10-14-22-52(42)62-58(44)56/h7-34H,5-6H2,1-4H3. The van der Waals surface area contributed by atoms with Gasteiger partial charge in [-0.1, -0.05) is 147 Å². The summed E-state index contributed by atoms with van der Waals surface area (Å²) < 4.78 is 13.7. The fourth-order valence-electron chi connectivity index (χ4n) is 10.2. The minimum atomic E-state index is 0.854. The van der Waals surface area contributed by atoms with Gasteiger partial charge in [0.1, 0.15) is 11.2 Å². The van der Waals surface area contributed by atoms with Crippen LogP contribution >= 0.6 is 0 Å². The number of fused-ring (bicyclic) bond motifs is 6. The van der Waals surface area contributed by atoms with Gasteiger partial charge in [-0.25, -0.2) is 0 Å². The van der Waals surface area contributed by atoms with Crippen LogP contribution in [0.15, 0.2) is 179 Å². The number of furan rings is 2. The average molecular weight is 801 g/mol. The summed E-state index contributed by atoms with van der Waals surface area (Å²) in [6.07, 6.45) is 1.71. The molecule has 0 N–H and O–H groups in total. The van der Waals surface area contributed by atoms with Gasteiger partial charge in [0.05, 0.1) is 22.7 Å². The Morgan fingerprint density at radius 2 is 0.742 bits per heavy atom. The normalized spacial score (nSPS) is 12.0. The third-order valence-corrected chi connectivity index (χ3v) is 13.2. The number of hydrogen-bond donors (Lipinski definition) is 0. The van der Waals surface area contributed by atoms with Crippen LogP contribution in [0, 0.1) is 13.8 Å². The maximum Gasteiger partial charge on any atom is 0.159 e. The first-order valence-corrected chi connectivity index (χ1v) is 21.8. The van der Waals surface area contributed by atoms with Crippen molar-refractivity contribution in [3.8, 4) is 0 Å². The summed E-state index contributed by atoms with van der Waals surface area (Å²) in [6, 6.07) is 61.8. The maximum absolute atomic E-state index is 6.86. The monoisotopic (exact) mass is 800 g/mol. The lowest BCUT2D eigenvalue weighted by atomic mass is 9.91. The summed E-state index contributed by atoms with van der Waals surface area (Å²) in [5.41, 5.74) is 15.1. The van der Waals surface area contributed by atoms with Gasteiger partial charge < -0.3 is 18.6 Å². The second-order valence-corrected chi connectivity index (χ2v) is 16.6. The molecular formula is C58H44N2O2. The summed E-state index contributed by atoms with van der Waals surface area (Å²) in [5, 5.41) is 11.8. The third-order valence-electron chi connectivity index (χ3n) is 13.2. The molecule has 0 bridgehead atoms. The highest BCUT2D eigenvalue weighted by Crippen LogP contribution is 2.52. The molecule has 0 aliphatic carbocycles. The molecule has 298 valence electrons. The number of nitrogens with zero attached hydrogens (tertiary/aromatic N) is 2. The second kappa shape index (κ2) is 14.0. The van der Waals surface area contributed by atoms with E-state index in [0.29, 0.717) is 0 Å². The summed E-state index contributed by atoms with van der Waals surface area (Å²) in [4.78, 5) is 4.95. The number of rotatable bonds is 8. The van der Waals surface area contributed by atoms with Crippen molar-refractivity contribution in [3.05, 3.63) is 192 Å². The molecule has 0 saturated heterocycles. The first-order chi connectivity index (χ1) is 30.5. The lowest BCUT2D eigenvalue weighted by Gasteiger charge is -2.32. The zero-order valence-corrected chi connectivity index (χ0v) is 35.3. The van der Waals surface area contributed by atoms with Crippen molar-refractivity contribution >= 4 is 110 Å². The first-order valence-electron chi connectivity index (χ1n) is 21.8. The van der Waals surface area contributed by atoms with E-state index in [2.05, 4.69) is 207 Å². The molecule has 4 heteroatoms. The van der Waals surface area contributed by atoms with Crippen LogP contribution < -0.4 is 9.80 Å². The van der Waals surface area contributed by atoms with Gasteiger partial charge >= 0.3 is 0 Å². The Labute approximate surface area is 360 Å². The molecule has 2 heterocycles. The number of anilines is 6. The minimum absolute atomic E-state index is 0.854. The van der Waals surface area contributed by atoms with Gasteiger partial charge in [-0.05, 0) is 107 Å². The molecule has 0 atom stereocenters. The van der Waals surface area contributed by atoms with E-state index in [1.807, 2.05) is 0 Å². The highest BCUT2D eigenvalue weighted by molar-refractivity contribution is 6.29. The van der Waals surface area contributed by atoms with E-state index < -0.39 is 0 Å². The highest BCUT2D eigenvalue weighted by Gasteiger charge is 2.28. The van der Waals surface area contributed by atoms with Crippen LogP contribution in [0.25, 0.3) is 76.2 Å². The van der Waals surface area contributed by atoms with E-state index in [9.17, 15) is 0 Å². The van der Waals surface area contributed by atoms with E-state index in [4.69, 9.17) is 8.83 Å². The van der Waals surface area contributed by atoms with E-state index in [-0.39, 0.29) is 0 Å². The molecule has 0 unspecified atom stereocenters. The molecule has 4 nitrogen and oxygen atoms in total. The minimum Gasteiger partial charge on any atom is -0.454 e. The molecule has 0 saturated carbocycles. The van der Waals surface area contributed by atoms with Gasteiger partial charge in [-0.2, -0.15) is 0 Å². The zero-order valence-electron chi connectivity index (χ0n) is 35.3.